The summed E-state index contributed by atoms with van der Waals surface area (Å²) in [7, 11) is 3.14. The summed E-state index contributed by atoms with van der Waals surface area (Å²) in [6, 6.07) is 32.4. The third kappa shape index (κ3) is 4.11. The largest absolute Gasteiger partial charge is 0.391 e. The number of allylic oxidation sites excluding steroid dienone is 2. The molecule has 10 aromatic rings. The maximum absolute atomic E-state index is 13.3. The van der Waals surface area contributed by atoms with Crippen molar-refractivity contribution < 1.29 is 24.3 Å². The van der Waals surface area contributed by atoms with Crippen LogP contribution in [0.1, 0.15) is 47.9 Å². The number of para-hydroxylation sites is 4. The topological polar surface area (TPSA) is 115 Å². The van der Waals surface area contributed by atoms with Gasteiger partial charge in [-0.25, -0.2) is 0 Å². The highest BCUT2D eigenvalue weighted by atomic mass is 16.3. The minimum Gasteiger partial charge on any atom is -0.391 e. The van der Waals surface area contributed by atoms with Gasteiger partial charge in [0.2, 0.25) is 0 Å². The third-order valence-electron chi connectivity index (χ3n) is 13.7. The van der Waals surface area contributed by atoms with Gasteiger partial charge in [0.1, 0.15) is 0 Å². The van der Waals surface area contributed by atoms with Gasteiger partial charge in [-0.15, -0.1) is 0 Å². The van der Waals surface area contributed by atoms with Gasteiger partial charge in [0.05, 0.1) is 50.4 Å². The molecule has 1 unspecified atom stereocenters. The molecule has 0 saturated heterocycles. The van der Waals surface area contributed by atoms with Crippen molar-refractivity contribution in [1.82, 2.24) is 28.1 Å². The van der Waals surface area contributed by atoms with Crippen LogP contribution in [0, 0.1) is 0 Å². The minimum atomic E-state index is -0.503. The van der Waals surface area contributed by atoms with E-state index in [2.05, 4.69) is 60.8 Å². The highest BCUT2D eigenvalue weighted by molar-refractivity contribution is 6.41. The van der Waals surface area contributed by atoms with Crippen LogP contribution in [0.4, 0.5) is 0 Å². The van der Waals surface area contributed by atoms with Crippen LogP contribution in [0.25, 0.3) is 87.2 Å². The number of rotatable bonds is 0. The van der Waals surface area contributed by atoms with Crippen LogP contribution >= 0.6 is 0 Å². The Morgan fingerprint density at radius 2 is 0.754 bits per heavy atom. The Morgan fingerprint density at radius 3 is 1.15 bits per heavy atom. The minimum absolute atomic E-state index is 0.214. The van der Waals surface area contributed by atoms with E-state index in [-0.39, 0.29) is 23.6 Å². The molecule has 4 aromatic heterocycles. The lowest BCUT2D eigenvalue weighted by Gasteiger charge is -2.20. The lowest BCUT2D eigenvalue weighted by molar-refractivity contribution is 0.0679. The normalized spacial score (nSPS) is 17.8. The number of hydrogen-bond acceptors (Lipinski definition) is 5. The molecular formula is C50H36N6O5. The van der Waals surface area contributed by atoms with Crippen molar-refractivity contribution in [2.75, 3.05) is 14.1 Å². The molecule has 14 rings (SSSR count). The van der Waals surface area contributed by atoms with Crippen molar-refractivity contribution in [3.63, 3.8) is 0 Å². The zero-order chi connectivity index (χ0) is 41.2. The Balaban J connectivity index is 0.000000125. The number of imide groups is 2. The first-order chi connectivity index (χ1) is 29.8. The predicted octanol–water partition coefficient (Wildman–Crippen LogP) is 8.59. The number of carbonyl (C=O) groups excluding carboxylic acids is 4. The summed E-state index contributed by atoms with van der Waals surface area (Å²) in [5.74, 6) is -0.934. The molecule has 0 saturated carbocycles. The third-order valence-corrected chi connectivity index (χ3v) is 13.7. The van der Waals surface area contributed by atoms with Crippen molar-refractivity contribution in [1.29, 1.82) is 0 Å². The second-order valence-electron chi connectivity index (χ2n) is 16.7. The SMILES string of the molecule is CN1C(=O)c2c(c3c4ccccc4n4c3c3c2c2ccccc2n3C/C=C\C4)C1=O.CN1C(=O)c2c(c3c4ccccc4n4c3c3c2c2ccccc2n3CCC(O)C4)C1=O. The molecule has 0 fully saturated rings. The van der Waals surface area contributed by atoms with Crippen molar-refractivity contribution in [3.05, 3.63) is 131 Å². The van der Waals surface area contributed by atoms with Gasteiger partial charge in [0, 0.05) is 105 Å². The maximum Gasteiger partial charge on any atom is 0.262 e. The van der Waals surface area contributed by atoms with Gasteiger partial charge < -0.3 is 23.4 Å². The summed E-state index contributed by atoms with van der Waals surface area (Å²) in [6.45, 7) is 2.57. The second kappa shape index (κ2) is 11.8. The molecule has 4 aliphatic heterocycles. The molecule has 0 aliphatic carbocycles. The number of nitrogens with zero attached hydrogens (tertiary/aromatic N) is 6. The Bertz CT molecular complexity index is 3660. The number of amides is 4. The molecule has 4 aliphatic rings. The van der Waals surface area contributed by atoms with Gasteiger partial charge >= 0.3 is 0 Å². The first kappa shape index (κ1) is 34.4. The van der Waals surface area contributed by atoms with E-state index >= 15 is 0 Å². The van der Waals surface area contributed by atoms with Gasteiger partial charge in [0.15, 0.2) is 0 Å². The molecule has 61 heavy (non-hydrogen) atoms. The van der Waals surface area contributed by atoms with Crippen LogP contribution < -0.4 is 0 Å². The molecular weight excluding hydrogens is 765 g/mol. The molecule has 11 nitrogen and oxygen atoms in total. The number of benzene rings is 6. The van der Waals surface area contributed by atoms with Crippen molar-refractivity contribution in [3.8, 4) is 0 Å². The number of aryl methyl sites for hydroxylation is 1. The molecule has 4 amide bonds. The van der Waals surface area contributed by atoms with Crippen LogP contribution in [0.5, 0.6) is 0 Å². The van der Waals surface area contributed by atoms with E-state index in [1.165, 1.54) is 9.80 Å². The monoisotopic (exact) mass is 800 g/mol. The number of aliphatic hydroxyl groups excluding tert-OH is 1. The van der Waals surface area contributed by atoms with E-state index in [1.54, 1.807) is 14.1 Å². The zero-order valence-corrected chi connectivity index (χ0v) is 33.3. The van der Waals surface area contributed by atoms with Gasteiger partial charge in [0.25, 0.3) is 23.6 Å². The molecule has 0 radical (unpaired) electrons. The van der Waals surface area contributed by atoms with Crippen molar-refractivity contribution >= 4 is 111 Å². The van der Waals surface area contributed by atoms with Gasteiger partial charge in [-0.1, -0.05) is 84.9 Å². The van der Waals surface area contributed by atoms with E-state index in [1.807, 2.05) is 66.7 Å². The molecule has 6 aromatic carbocycles. The zero-order valence-electron chi connectivity index (χ0n) is 33.3. The van der Waals surface area contributed by atoms with Crippen LogP contribution in [0.3, 0.4) is 0 Å². The summed E-state index contributed by atoms with van der Waals surface area (Å²) < 4.78 is 8.94. The van der Waals surface area contributed by atoms with Gasteiger partial charge in [-0.2, -0.15) is 0 Å². The second-order valence-corrected chi connectivity index (χ2v) is 16.7. The summed E-state index contributed by atoms with van der Waals surface area (Å²) in [5, 5.41) is 18.2. The maximum atomic E-state index is 13.3. The predicted molar refractivity (Wildman–Crippen MR) is 238 cm³/mol. The summed E-state index contributed by atoms with van der Waals surface area (Å²) in [6.07, 6.45) is 4.48. The average molecular weight is 801 g/mol. The quantitative estimate of drug-likeness (QED) is 0.122. The molecule has 8 heterocycles. The molecule has 0 spiro atoms. The van der Waals surface area contributed by atoms with Crippen LogP contribution in [0.2, 0.25) is 0 Å². The summed E-state index contributed by atoms with van der Waals surface area (Å²) >= 11 is 0. The number of hydrogen-bond donors (Lipinski definition) is 1. The Hall–Kier alpha value is -7.50. The first-order valence-electron chi connectivity index (χ1n) is 20.7. The summed E-state index contributed by atoms with van der Waals surface area (Å²) in [4.78, 5) is 55.8. The van der Waals surface area contributed by atoms with Crippen LogP contribution in [-0.2, 0) is 26.2 Å². The fraction of sp³-hybridized carbons (Fsp3) is 0.160. The Labute approximate surface area is 346 Å². The van der Waals surface area contributed by atoms with Crippen molar-refractivity contribution in [2.24, 2.45) is 0 Å². The fourth-order valence-corrected chi connectivity index (χ4v) is 11.2. The van der Waals surface area contributed by atoms with Crippen LogP contribution in [0.15, 0.2) is 109 Å². The molecule has 0 bridgehead atoms. The Morgan fingerprint density at radius 1 is 0.443 bits per heavy atom. The molecule has 1 N–H and O–H groups in total. The standard InChI is InChI=1S/C25H19N3O3.C25H17N3O2/c1-26-24(30)20-18-14-6-2-4-8-16(14)27-11-10-13(29)12-28-17-9-5-3-7-15(17)19(21(20)25(26)31)23(28)22(18)27;1-26-24(29)20-18-14-8-2-4-10-16(14)27-12-6-7-13-28-17-11-5-3-9-15(17)19(21(20)25(26)30)23(28)22(18)27/h2-9,13,29H,10-12H2,1H3;2-11H,12-13H2,1H3/b;7-6-. The van der Waals surface area contributed by atoms with E-state index in [0.717, 1.165) is 100 Å². The number of aliphatic hydroxyl groups is 1. The molecule has 296 valence electrons. The number of fused-ring (bicyclic) bond motifs is 18. The number of aromatic nitrogens is 4. The average Bonchev–Trinajstić information content (AvgIpc) is 4.06. The molecule has 11 heteroatoms. The highest BCUT2D eigenvalue weighted by Crippen LogP contribution is 2.48. The summed E-state index contributed by atoms with van der Waals surface area (Å²) in [5.41, 5.74) is 10.3. The first-order valence-corrected chi connectivity index (χ1v) is 20.7. The fourth-order valence-electron chi connectivity index (χ4n) is 11.2. The highest BCUT2D eigenvalue weighted by Gasteiger charge is 2.42. The van der Waals surface area contributed by atoms with E-state index in [9.17, 15) is 24.3 Å². The van der Waals surface area contributed by atoms with Gasteiger partial charge in [-0.3, -0.25) is 29.0 Å². The van der Waals surface area contributed by atoms with Gasteiger partial charge in [-0.05, 0) is 30.7 Å². The smallest absolute Gasteiger partial charge is 0.262 e. The van der Waals surface area contributed by atoms with Crippen LogP contribution in [-0.4, -0.2) is 77.0 Å². The molecule has 1 atom stereocenters. The van der Waals surface area contributed by atoms with Crippen molar-refractivity contribution in [2.45, 2.75) is 38.7 Å². The Kier molecular flexibility index (Phi) is 6.66. The van der Waals surface area contributed by atoms with E-state index in [0.29, 0.717) is 41.8 Å². The van der Waals surface area contributed by atoms with E-state index < -0.39 is 6.10 Å². The lowest BCUT2D eigenvalue weighted by Crippen LogP contribution is -2.24. The lowest BCUT2D eigenvalue weighted by atomic mass is 9.96. The van der Waals surface area contributed by atoms with E-state index in [4.69, 9.17) is 0 Å². The number of carbonyl (C=O) groups is 4.